The molecule has 0 rings (SSSR count). The van der Waals surface area contributed by atoms with Gasteiger partial charge in [-0.15, -0.1) is 0 Å². The Hall–Kier alpha value is -0.650. The van der Waals surface area contributed by atoms with Crippen molar-refractivity contribution in [3.8, 4) is 0 Å². The van der Waals surface area contributed by atoms with Crippen LogP contribution in [0.25, 0.3) is 0 Å². The Morgan fingerprint density at radius 1 is 1.25 bits per heavy atom. The first-order chi connectivity index (χ1) is 7.65. The van der Waals surface area contributed by atoms with Gasteiger partial charge < -0.3 is 20.5 Å². The standard InChI is InChI=1S/C11H24N2O3/c1-9(11(15-2)16-3)13-10(14)7-5-4-6-8-12/h9,11H,4-8,12H2,1-3H3,(H,13,14). The summed E-state index contributed by atoms with van der Waals surface area (Å²) in [5, 5.41) is 2.84. The van der Waals surface area contributed by atoms with E-state index in [2.05, 4.69) is 5.32 Å². The molecule has 96 valence electrons. The van der Waals surface area contributed by atoms with Gasteiger partial charge in [-0.1, -0.05) is 6.42 Å². The Balaban J connectivity index is 3.68. The van der Waals surface area contributed by atoms with Gasteiger partial charge in [0.25, 0.3) is 0 Å². The largest absolute Gasteiger partial charge is 0.354 e. The van der Waals surface area contributed by atoms with Gasteiger partial charge in [-0.3, -0.25) is 4.79 Å². The van der Waals surface area contributed by atoms with E-state index in [1.165, 1.54) is 0 Å². The van der Waals surface area contributed by atoms with Crippen LogP contribution < -0.4 is 11.1 Å². The van der Waals surface area contributed by atoms with E-state index in [-0.39, 0.29) is 11.9 Å². The summed E-state index contributed by atoms with van der Waals surface area (Å²) in [5.41, 5.74) is 5.37. The zero-order valence-corrected chi connectivity index (χ0v) is 10.5. The molecule has 1 amide bonds. The third kappa shape index (κ3) is 6.76. The van der Waals surface area contributed by atoms with Crippen LogP contribution in [0.2, 0.25) is 0 Å². The maximum absolute atomic E-state index is 11.5. The van der Waals surface area contributed by atoms with Crippen molar-refractivity contribution >= 4 is 5.91 Å². The SMILES string of the molecule is COC(OC)C(C)NC(=O)CCCCCN. The van der Waals surface area contributed by atoms with Crippen LogP contribution in [0, 0.1) is 0 Å². The summed E-state index contributed by atoms with van der Waals surface area (Å²) in [4.78, 5) is 11.5. The average molecular weight is 232 g/mol. The molecule has 0 aromatic heterocycles. The van der Waals surface area contributed by atoms with Gasteiger partial charge >= 0.3 is 0 Å². The topological polar surface area (TPSA) is 73.6 Å². The molecule has 0 aliphatic carbocycles. The summed E-state index contributed by atoms with van der Waals surface area (Å²) < 4.78 is 10.1. The van der Waals surface area contributed by atoms with Crippen molar-refractivity contribution in [1.82, 2.24) is 5.32 Å². The average Bonchev–Trinajstić information content (AvgIpc) is 2.26. The normalized spacial score (nSPS) is 12.8. The van der Waals surface area contributed by atoms with Gasteiger partial charge in [-0.2, -0.15) is 0 Å². The molecule has 5 nitrogen and oxygen atoms in total. The van der Waals surface area contributed by atoms with Gasteiger partial charge in [-0.05, 0) is 26.3 Å². The molecule has 0 bridgehead atoms. The molecule has 0 heterocycles. The molecular formula is C11H24N2O3. The summed E-state index contributed by atoms with van der Waals surface area (Å²) >= 11 is 0. The lowest BCUT2D eigenvalue weighted by Gasteiger charge is -2.22. The minimum atomic E-state index is -0.395. The highest BCUT2D eigenvalue weighted by Crippen LogP contribution is 2.02. The first kappa shape index (κ1) is 15.3. The van der Waals surface area contributed by atoms with Gasteiger partial charge in [0, 0.05) is 20.6 Å². The predicted molar refractivity (Wildman–Crippen MR) is 62.9 cm³/mol. The first-order valence-electron chi connectivity index (χ1n) is 5.70. The molecule has 0 saturated carbocycles. The molecule has 0 aromatic rings. The molecule has 1 atom stereocenters. The number of methoxy groups -OCH3 is 2. The van der Waals surface area contributed by atoms with Crippen LogP contribution in [0.4, 0.5) is 0 Å². The van der Waals surface area contributed by atoms with Crippen LogP contribution in [0.5, 0.6) is 0 Å². The molecular weight excluding hydrogens is 208 g/mol. The number of unbranched alkanes of at least 4 members (excludes halogenated alkanes) is 2. The van der Waals surface area contributed by atoms with E-state index in [1.54, 1.807) is 14.2 Å². The van der Waals surface area contributed by atoms with E-state index in [4.69, 9.17) is 15.2 Å². The molecule has 0 radical (unpaired) electrons. The van der Waals surface area contributed by atoms with Gasteiger partial charge in [-0.25, -0.2) is 0 Å². The minimum Gasteiger partial charge on any atom is -0.354 e. The molecule has 16 heavy (non-hydrogen) atoms. The van der Waals surface area contributed by atoms with E-state index in [0.29, 0.717) is 13.0 Å². The van der Waals surface area contributed by atoms with E-state index < -0.39 is 6.29 Å². The van der Waals surface area contributed by atoms with Crippen LogP contribution in [0.15, 0.2) is 0 Å². The number of carbonyl (C=O) groups is 1. The molecule has 5 heteroatoms. The fourth-order valence-corrected chi connectivity index (χ4v) is 1.51. The Morgan fingerprint density at radius 2 is 1.88 bits per heavy atom. The molecule has 0 spiro atoms. The molecule has 0 aliphatic heterocycles. The maximum Gasteiger partial charge on any atom is 0.220 e. The molecule has 3 N–H and O–H groups in total. The van der Waals surface area contributed by atoms with Crippen molar-refractivity contribution in [2.75, 3.05) is 20.8 Å². The van der Waals surface area contributed by atoms with Crippen LogP contribution in [0.3, 0.4) is 0 Å². The number of hydrogen-bond donors (Lipinski definition) is 2. The van der Waals surface area contributed by atoms with Crippen LogP contribution in [-0.2, 0) is 14.3 Å². The third-order valence-electron chi connectivity index (χ3n) is 2.37. The van der Waals surface area contributed by atoms with Gasteiger partial charge in [0.15, 0.2) is 6.29 Å². The molecule has 0 aromatic carbocycles. The summed E-state index contributed by atoms with van der Waals surface area (Å²) in [6.45, 7) is 2.54. The third-order valence-corrected chi connectivity index (χ3v) is 2.37. The van der Waals surface area contributed by atoms with Crippen molar-refractivity contribution in [2.45, 2.75) is 44.9 Å². The zero-order chi connectivity index (χ0) is 12.4. The highest BCUT2D eigenvalue weighted by Gasteiger charge is 2.17. The Labute approximate surface area is 97.7 Å². The number of hydrogen-bond acceptors (Lipinski definition) is 4. The highest BCUT2D eigenvalue weighted by molar-refractivity contribution is 5.76. The van der Waals surface area contributed by atoms with E-state index in [1.807, 2.05) is 6.92 Å². The summed E-state index contributed by atoms with van der Waals surface area (Å²) in [6.07, 6.45) is 2.98. The van der Waals surface area contributed by atoms with Crippen LogP contribution in [0.1, 0.15) is 32.6 Å². The Morgan fingerprint density at radius 3 is 2.38 bits per heavy atom. The van der Waals surface area contributed by atoms with Crippen molar-refractivity contribution in [3.63, 3.8) is 0 Å². The van der Waals surface area contributed by atoms with Crippen molar-refractivity contribution in [2.24, 2.45) is 5.73 Å². The van der Waals surface area contributed by atoms with Crippen molar-refractivity contribution in [3.05, 3.63) is 0 Å². The number of ether oxygens (including phenoxy) is 2. The van der Waals surface area contributed by atoms with E-state index in [9.17, 15) is 4.79 Å². The minimum absolute atomic E-state index is 0.0311. The van der Waals surface area contributed by atoms with Gasteiger partial charge in [0.2, 0.25) is 5.91 Å². The molecule has 1 unspecified atom stereocenters. The number of carbonyl (C=O) groups excluding carboxylic acids is 1. The van der Waals surface area contributed by atoms with Gasteiger partial charge in [0.1, 0.15) is 0 Å². The summed E-state index contributed by atoms with van der Waals surface area (Å²) in [6, 6.07) is -0.142. The molecule has 0 aliphatic rings. The second kappa shape index (κ2) is 9.57. The monoisotopic (exact) mass is 232 g/mol. The fourth-order valence-electron chi connectivity index (χ4n) is 1.51. The van der Waals surface area contributed by atoms with Gasteiger partial charge in [0.05, 0.1) is 6.04 Å². The summed E-state index contributed by atoms with van der Waals surface area (Å²) in [7, 11) is 3.11. The lowest BCUT2D eigenvalue weighted by molar-refractivity contribution is -0.135. The van der Waals surface area contributed by atoms with Crippen molar-refractivity contribution < 1.29 is 14.3 Å². The quantitative estimate of drug-likeness (QED) is 0.452. The second-order valence-corrected chi connectivity index (χ2v) is 3.80. The number of rotatable bonds is 9. The highest BCUT2D eigenvalue weighted by atomic mass is 16.7. The second-order valence-electron chi connectivity index (χ2n) is 3.80. The number of nitrogens with two attached hydrogens (primary N) is 1. The summed E-state index contributed by atoms with van der Waals surface area (Å²) in [5.74, 6) is 0.0311. The van der Waals surface area contributed by atoms with Crippen molar-refractivity contribution in [1.29, 1.82) is 0 Å². The molecule has 0 fully saturated rings. The Kier molecular flexibility index (Phi) is 9.18. The lowest BCUT2D eigenvalue weighted by Crippen LogP contribution is -2.42. The molecule has 0 saturated heterocycles. The van der Waals surface area contributed by atoms with E-state index >= 15 is 0 Å². The van der Waals surface area contributed by atoms with E-state index in [0.717, 1.165) is 19.3 Å². The maximum atomic E-state index is 11.5. The predicted octanol–water partition coefficient (Wildman–Crippen LogP) is 0.629. The van der Waals surface area contributed by atoms with Crippen LogP contribution >= 0.6 is 0 Å². The van der Waals surface area contributed by atoms with Crippen LogP contribution in [-0.4, -0.2) is 39.0 Å². The fraction of sp³-hybridized carbons (Fsp3) is 0.909. The number of nitrogens with one attached hydrogen (secondary N) is 1. The lowest BCUT2D eigenvalue weighted by atomic mass is 10.2. The first-order valence-corrected chi connectivity index (χ1v) is 5.70. The number of amides is 1. The Bertz CT molecular complexity index is 184. The smallest absolute Gasteiger partial charge is 0.220 e. The zero-order valence-electron chi connectivity index (χ0n) is 10.5.